The molecular formula is C18H20ClN3O2. The number of nitrogens with one attached hydrogen (secondary N) is 2. The number of hydrogen-bond acceptors (Lipinski definition) is 4. The molecular weight excluding hydrogens is 326 g/mol. The number of carbonyl (C=O) groups excluding carboxylic acids is 1. The van der Waals surface area contributed by atoms with Gasteiger partial charge >= 0.3 is 0 Å². The van der Waals surface area contributed by atoms with Crippen molar-refractivity contribution in [2.75, 3.05) is 25.5 Å². The van der Waals surface area contributed by atoms with Crippen LogP contribution in [0.25, 0.3) is 0 Å². The zero-order chi connectivity index (χ0) is 16.9. The maximum absolute atomic E-state index is 12.6. The predicted molar refractivity (Wildman–Crippen MR) is 95.0 cm³/mol. The average molecular weight is 346 g/mol. The molecule has 3 rings (SSSR count). The van der Waals surface area contributed by atoms with Crippen LogP contribution < -0.4 is 15.4 Å². The van der Waals surface area contributed by atoms with Crippen molar-refractivity contribution in [2.24, 2.45) is 0 Å². The van der Waals surface area contributed by atoms with Crippen LogP contribution in [0.3, 0.4) is 0 Å². The number of benzene rings is 1. The summed E-state index contributed by atoms with van der Waals surface area (Å²) in [5, 5.41) is 6.66. The van der Waals surface area contributed by atoms with Gasteiger partial charge in [0.2, 0.25) is 0 Å². The monoisotopic (exact) mass is 345 g/mol. The van der Waals surface area contributed by atoms with Gasteiger partial charge in [0, 0.05) is 23.5 Å². The second-order valence-corrected chi connectivity index (χ2v) is 6.19. The van der Waals surface area contributed by atoms with Gasteiger partial charge in [0.05, 0.1) is 7.11 Å². The number of hydrogen-bond donors (Lipinski definition) is 2. The topological polar surface area (TPSA) is 63.2 Å². The van der Waals surface area contributed by atoms with Crippen LogP contribution in [0.4, 0.5) is 5.69 Å². The Morgan fingerprint density at radius 1 is 1.29 bits per heavy atom. The third-order valence-electron chi connectivity index (χ3n) is 4.28. The van der Waals surface area contributed by atoms with Gasteiger partial charge < -0.3 is 15.4 Å². The SMILES string of the molecule is COc1ccc(C2CCNCC2)c(NC(=O)c2ccnc(Cl)c2)c1. The third-order valence-corrected chi connectivity index (χ3v) is 4.48. The molecule has 0 spiro atoms. The number of amides is 1. The number of nitrogens with zero attached hydrogens (tertiary/aromatic N) is 1. The van der Waals surface area contributed by atoms with Crippen molar-refractivity contribution in [1.29, 1.82) is 0 Å². The van der Waals surface area contributed by atoms with Gasteiger partial charge in [-0.3, -0.25) is 4.79 Å². The van der Waals surface area contributed by atoms with Gasteiger partial charge in [-0.1, -0.05) is 17.7 Å². The summed E-state index contributed by atoms with van der Waals surface area (Å²) in [7, 11) is 1.62. The fourth-order valence-corrected chi connectivity index (χ4v) is 3.17. The van der Waals surface area contributed by atoms with Gasteiger partial charge in [0.25, 0.3) is 5.91 Å². The molecule has 1 aliphatic rings. The minimum atomic E-state index is -0.206. The quantitative estimate of drug-likeness (QED) is 0.833. The highest BCUT2D eigenvalue weighted by Gasteiger charge is 2.20. The van der Waals surface area contributed by atoms with Crippen LogP contribution in [0.15, 0.2) is 36.5 Å². The number of piperidine rings is 1. The summed E-state index contributed by atoms with van der Waals surface area (Å²) in [6.45, 7) is 1.98. The van der Waals surface area contributed by atoms with Crippen molar-refractivity contribution in [2.45, 2.75) is 18.8 Å². The highest BCUT2D eigenvalue weighted by atomic mass is 35.5. The largest absolute Gasteiger partial charge is 0.497 e. The molecule has 1 aromatic carbocycles. The summed E-state index contributed by atoms with van der Waals surface area (Å²) in [5.41, 5.74) is 2.42. The Kier molecular flexibility index (Phi) is 5.33. The molecule has 0 atom stereocenters. The number of methoxy groups -OCH3 is 1. The van der Waals surface area contributed by atoms with Gasteiger partial charge in [-0.2, -0.15) is 0 Å². The molecule has 126 valence electrons. The van der Waals surface area contributed by atoms with Gasteiger partial charge in [-0.15, -0.1) is 0 Å². The minimum absolute atomic E-state index is 0.206. The highest BCUT2D eigenvalue weighted by molar-refractivity contribution is 6.29. The first-order valence-electron chi connectivity index (χ1n) is 7.99. The number of carbonyl (C=O) groups is 1. The lowest BCUT2D eigenvalue weighted by molar-refractivity contribution is 0.102. The van der Waals surface area contributed by atoms with Crippen LogP contribution in [0.5, 0.6) is 5.75 Å². The van der Waals surface area contributed by atoms with Gasteiger partial charge in [-0.25, -0.2) is 4.98 Å². The molecule has 0 aliphatic carbocycles. The molecule has 0 radical (unpaired) electrons. The number of rotatable bonds is 4. The smallest absolute Gasteiger partial charge is 0.255 e. The minimum Gasteiger partial charge on any atom is -0.497 e. The average Bonchev–Trinajstić information content (AvgIpc) is 2.62. The molecule has 1 aliphatic heterocycles. The van der Waals surface area contributed by atoms with Crippen molar-refractivity contribution in [3.05, 3.63) is 52.8 Å². The Hall–Kier alpha value is -2.11. The fourth-order valence-electron chi connectivity index (χ4n) is 3.00. The Balaban J connectivity index is 1.88. The van der Waals surface area contributed by atoms with Crippen LogP contribution in [-0.2, 0) is 0 Å². The normalized spacial score (nSPS) is 15.1. The van der Waals surface area contributed by atoms with E-state index in [9.17, 15) is 4.79 Å². The summed E-state index contributed by atoms with van der Waals surface area (Å²) < 4.78 is 5.31. The van der Waals surface area contributed by atoms with E-state index in [1.165, 1.54) is 6.20 Å². The van der Waals surface area contributed by atoms with Crippen LogP contribution in [0.2, 0.25) is 5.15 Å². The maximum Gasteiger partial charge on any atom is 0.255 e. The first kappa shape index (κ1) is 16.7. The van der Waals surface area contributed by atoms with Crippen molar-refractivity contribution in [1.82, 2.24) is 10.3 Å². The van der Waals surface area contributed by atoms with E-state index in [4.69, 9.17) is 16.3 Å². The molecule has 1 saturated heterocycles. The molecule has 24 heavy (non-hydrogen) atoms. The maximum atomic E-state index is 12.6. The van der Waals surface area contributed by atoms with E-state index in [-0.39, 0.29) is 5.91 Å². The Labute approximate surface area is 146 Å². The Morgan fingerprint density at radius 3 is 2.79 bits per heavy atom. The van der Waals surface area contributed by atoms with E-state index >= 15 is 0 Å². The van der Waals surface area contributed by atoms with E-state index in [0.717, 1.165) is 42.9 Å². The molecule has 5 nitrogen and oxygen atoms in total. The summed E-state index contributed by atoms with van der Waals surface area (Å²) in [6, 6.07) is 9.06. The molecule has 6 heteroatoms. The summed E-state index contributed by atoms with van der Waals surface area (Å²) >= 11 is 5.87. The van der Waals surface area contributed by atoms with Gasteiger partial charge in [0.1, 0.15) is 10.9 Å². The van der Waals surface area contributed by atoms with E-state index < -0.39 is 0 Å². The highest BCUT2D eigenvalue weighted by Crippen LogP contribution is 2.34. The molecule has 0 bridgehead atoms. The molecule has 2 aromatic rings. The molecule has 1 amide bonds. The fraction of sp³-hybridized carbons (Fsp3) is 0.333. The van der Waals surface area contributed by atoms with Crippen molar-refractivity contribution < 1.29 is 9.53 Å². The lowest BCUT2D eigenvalue weighted by Gasteiger charge is -2.25. The summed E-state index contributed by atoms with van der Waals surface area (Å²) in [5.74, 6) is 0.937. The molecule has 1 fully saturated rings. The van der Waals surface area contributed by atoms with Crippen molar-refractivity contribution in [3.63, 3.8) is 0 Å². The van der Waals surface area contributed by atoms with Crippen molar-refractivity contribution in [3.8, 4) is 5.75 Å². The molecule has 1 aromatic heterocycles. The first-order valence-corrected chi connectivity index (χ1v) is 8.36. The zero-order valence-electron chi connectivity index (χ0n) is 13.5. The van der Waals surface area contributed by atoms with E-state index in [1.807, 2.05) is 18.2 Å². The van der Waals surface area contributed by atoms with Crippen molar-refractivity contribution >= 4 is 23.2 Å². The second kappa shape index (κ2) is 7.64. The number of anilines is 1. The number of ether oxygens (including phenoxy) is 1. The van der Waals surface area contributed by atoms with Crippen LogP contribution in [0, 0.1) is 0 Å². The number of aromatic nitrogens is 1. The Morgan fingerprint density at radius 2 is 2.08 bits per heavy atom. The molecule has 2 N–H and O–H groups in total. The van der Waals surface area contributed by atoms with E-state index in [0.29, 0.717) is 16.6 Å². The zero-order valence-corrected chi connectivity index (χ0v) is 14.3. The standard InChI is InChI=1S/C18H20ClN3O2/c1-24-14-2-3-15(12-4-7-20-8-5-12)16(11-14)22-18(23)13-6-9-21-17(19)10-13/h2-3,6,9-12,20H,4-5,7-8H2,1H3,(H,22,23). The van der Waals surface area contributed by atoms with Crippen LogP contribution in [-0.4, -0.2) is 31.1 Å². The lowest BCUT2D eigenvalue weighted by atomic mass is 9.89. The predicted octanol–water partition coefficient (Wildman–Crippen LogP) is 3.46. The lowest BCUT2D eigenvalue weighted by Crippen LogP contribution is -2.27. The van der Waals surface area contributed by atoms with Crippen LogP contribution in [0.1, 0.15) is 34.7 Å². The van der Waals surface area contributed by atoms with E-state index in [2.05, 4.69) is 15.6 Å². The second-order valence-electron chi connectivity index (χ2n) is 5.80. The number of halogens is 1. The number of pyridine rings is 1. The molecule has 0 unspecified atom stereocenters. The van der Waals surface area contributed by atoms with Gasteiger partial charge in [-0.05, 0) is 55.6 Å². The van der Waals surface area contributed by atoms with E-state index in [1.54, 1.807) is 19.2 Å². The summed E-state index contributed by atoms with van der Waals surface area (Å²) in [6.07, 6.45) is 3.63. The summed E-state index contributed by atoms with van der Waals surface area (Å²) in [4.78, 5) is 16.5. The molecule has 0 saturated carbocycles. The first-order chi connectivity index (χ1) is 11.7. The van der Waals surface area contributed by atoms with Crippen LogP contribution >= 0.6 is 11.6 Å². The third kappa shape index (κ3) is 3.86. The Bertz CT molecular complexity index is 730. The van der Waals surface area contributed by atoms with Gasteiger partial charge in [0.15, 0.2) is 0 Å². The molecule has 2 heterocycles.